The Hall–Kier alpha value is -0.350. The lowest BCUT2D eigenvalue weighted by Gasteiger charge is -2.30. The molecule has 0 N–H and O–H groups in total. The van der Waals surface area contributed by atoms with Crippen molar-refractivity contribution in [3.63, 3.8) is 0 Å². The van der Waals surface area contributed by atoms with Crippen LogP contribution in [0.3, 0.4) is 0 Å². The molecule has 1 aromatic heterocycles. The van der Waals surface area contributed by atoms with Crippen LogP contribution >= 0.6 is 15.9 Å². The Morgan fingerprint density at radius 3 is 2.67 bits per heavy atom. The van der Waals surface area contributed by atoms with E-state index in [4.69, 9.17) is 0 Å². The standard InChI is InChI=1S/C11H18BrN3/c1-8-11(12)9(2)15(13-8)10-5-4-6-14(3)7-10/h10H,4-7H2,1-3H3. The molecule has 0 saturated carbocycles. The minimum Gasteiger partial charge on any atom is -0.304 e. The summed E-state index contributed by atoms with van der Waals surface area (Å²) in [5, 5.41) is 4.61. The fraction of sp³-hybridized carbons (Fsp3) is 0.727. The van der Waals surface area contributed by atoms with Gasteiger partial charge in [0.15, 0.2) is 0 Å². The molecule has 15 heavy (non-hydrogen) atoms. The molecule has 0 amide bonds. The van der Waals surface area contributed by atoms with Crippen molar-refractivity contribution < 1.29 is 0 Å². The first-order chi connectivity index (χ1) is 7.09. The van der Waals surface area contributed by atoms with Crippen LogP contribution in [0.2, 0.25) is 0 Å². The predicted octanol–water partition coefficient (Wildman–Crippen LogP) is 2.53. The Labute approximate surface area is 99.6 Å². The van der Waals surface area contributed by atoms with E-state index in [1.54, 1.807) is 0 Å². The van der Waals surface area contributed by atoms with Crippen LogP contribution in [-0.2, 0) is 0 Å². The number of halogens is 1. The summed E-state index contributed by atoms with van der Waals surface area (Å²) >= 11 is 3.58. The van der Waals surface area contributed by atoms with E-state index in [2.05, 4.69) is 51.5 Å². The number of piperidine rings is 1. The SMILES string of the molecule is Cc1nn(C2CCCN(C)C2)c(C)c1Br. The summed E-state index contributed by atoms with van der Waals surface area (Å²) in [6.45, 7) is 6.53. The molecular formula is C11H18BrN3. The van der Waals surface area contributed by atoms with Crippen molar-refractivity contribution in [3.8, 4) is 0 Å². The molecule has 2 rings (SSSR count). The summed E-state index contributed by atoms with van der Waals surface area (Å²) in [5.74, 6) is 0. The van der Waals surface area contributed by atoms with Gasteiger partial charge in [-0.1, -0.05) is 0 Å². The van der Waals surface area contributed by atoms with Crippen LogP contribution in [0, 0.1) is 13.8 Å². The van der Waals surface area contributed by atoms with Gasteiger partial charge in [0.1, 0.15) is 0 Å². The number of nitrogens with zero attached hydrogens (tertiary/aromatic N) is 3. The van der Waals surface area contributed by atoms with Gasteiger partial charge >= 0.3 is 0 Å². The molecule has 0 aliphatic carbocycles. The topological polar surface area (TPSA) is 21.1 Å². The van der Waals surface area contributed by atoms with Gasteiger partial charge in [-0.2, -0.15) is 5.10 Å². The summed E-state index contributed by atoms with van der Waals surface area (Å²) in [6, 6.07) is 0.550. The molecule has 1 saturated heterocycles. The number of aryl methyl sites for hydroxylation is 1. The highest BCUT2D eigenvalue weighted by atomic mass is 79.9. The molecule has 1 unspecified atom stereocenters. The average Bonchev–Trinajstić information content (AvgIpc) is 2.46. The monoisotopic (exact) mass is 271 g/mol. The van der Waals surface area contributed by atoms with Gasteiger partial charge in [0.2, 0.25) is 0 Å². The van der Waals surface area contributed by atoms with Crippen molar-refractivity contribution in [2.24, 2.45) is 0 Å². The highest BCUT2D eigenvalue weighted by Gasteiger charge is 2.22. The number of hydrogen-bond acceptors (Lipinski definition) is 2. The Kier molecular flexibility index (Phi) is 3.16. The quantitative estimate of drug-likeness (QED) is 0.783. The minimum absolute atomic E-state index is 0.550. The molecule has 0 aromatic carbocycles. The second-order valence-corrected chi connectivity index (χ2v) is 5.28. The van der Waals surface area contributed by atoms with Crippen molar-refractivity contribution >= 4 is 15.9 Å². The number of hydrogen-bond donors (Lipinski definition) is 0. The molecule has 2 heterocycles. The van der Waals surface area contributed by atoms with E-state index in [1.807, 2.05) is 0 Å². The first-order valence-electron chi connectivity index (χ1n) is 5.49. The van der Waals surface area contributed by atoms with E-state index in [0.29, 0.717) is 6.04 Å². The van der Waals surface area contributed by atoms with Crippen molar-refractivity contribution in [3.05, 3.63) is 15.9 Å². The highest BCUT2D eigenvalue weighted by Crippen LogP contribution is 2.27. The van der Waals surface area contributed by atoms with Crippen LogP contribution in [0.15, 0.2) is 4.47 Å². The molecule has 1 fully saturated rings. The number of likely N-dealkylation sites (N-methyl/N-ethyl adjacent to an activating group) is 1. The highest BCUT2D eigenvalue weighted by molar-refractivity contribution is 9.10. The average molecular weight is 272 g/mol. The second kappa shape index (κ2) is 4.26. The van der Waals surface area contributed by atoms with Gasteiger partial charge < -0.3 is 4.90 Å². The van der Waals surface area contributed by atoms with Gasteiger partial charge in [-0.25, -0.2) is 0 Å². The molecule has 84 valence electrons. The minimum atomic E-state index is 0.550. The van der Waals surface area contributed by atoms with Gasteiger partial charge in [0.25, 0.3) is 0 Å². The van der Waals surface area contributed by atoms with Crippen LogP contribution in [-0.4, -0.2) is 34.8 Å². The summed E-state index contributed by atoms with van der Waals surface area (Å²) in [7, 11) is 2.19. The van der Waals surface area contributed by atoms with E-state index in [-0.39, 0.29) is 0 Å². The Bertz CT molecular complexity index is 359. The number of rotatable bonds is 1. The normalized spacial score (nSPS) is 23.3. The lowest BCUT2D eigenvalue weighted by atomic mass is 10.1. The smallest absolute Gasteiger partial charge is 0.0738 e. The van der Waals surface area contributed by atoms with Crippen LogP contribution in [0.25, 0.3) is 0 Å². The third-order valence-electron chi connectivity index (χ3n) is 3.18. The van der Waals surface area contributed by atoms with E-state index >= 15 is 0 Å². The van der Waals surface area contributed by atoms with Gasteiger partial charge in [-0.15, -0.1) is 0 Å². The zero-order chi connectivity index (χ0) is 11.0. The lowest BCUT2D eigenvalue weighted by Crippen LogP contribution is -2.34. The van der Waals surface area contributed by atoms with E-state index in [1.165, 1.54) is 25.1 Å². The molecule has 3 nitrogen and oxygen atoms in total. The van der Waals surface area contributed by atoms with E-state index < -0.39 is 0 Å². The van der Waals surface area contributed by atoms with Crippen molar-refractivity contribution in [1.29, 1.82) is 0 Å². The Balaban J connectivity index is 2.25. The molecule has 1 aliphatic heterocycles. The molecule has 1 aromatic rings. The van der Waals surface area contributed by atoms with E-state index in [9.17, 15) is 0 Å². The fourth-order valence-corrected chi connectivity index (χ4v) is 2.60. The maximum absolute atomic E-state index is 4.61. The largest absolute Gasteiger partial charge is 0.304 e. The Morgan fingerprint density at radius 1 is 1.40 bits per heavy atom. The zero-order valence-corrected chi connectivity index (χ0v) is 11.2. The van der Waals surface area contributed by atoms with Crippen LogP contribution in [0.5, 0.6) is 0 Å². The Morgan fingerprint density at radius 2 is 2.13 bits per heavy atom. The molecule has 0 radical (unpaired) electrons. The molecular weight excluding hydrogens is 254 g/mol. The van der Waals surface area contributed by atoms with Crippen LogP contribution in [0.4, 0.5) is 0 Å². The van der Waals surface area contributed by atoms with Crippen molar-refractivity contribution in [2.45, 2.75) is 32.7 Å². The first kappa shape index (κ1) is 11.1. The van der Waals surface area contributed by atoms with Crippen LogP contribution in [0.1, 0.15) is 30.3 Å². The second-order valence-electron chi connectivity index (χ2n) is 4.49. The maximum Gasteiger partial charge on any atom is 0.0738 e. The van der Waals surface area contributed by atoms with Crippen molar-refractivity contribution in [2.75, 3.05) is 20.1 Å². The molecule has 4 heteroatoms. The fourth-order valence-electron chi connectivity index (χ4n) is 2.34. The number of likely N-dealkylation sites (tertiary alicyclic amines) is 1. The molecule has 1 aliphatic rings. The first-order valence-corrected chi connectivity index (χ1v) is 6.28. The third-order valence-corrected chi connectivity index (χ3v) is 4.33. The summed E-state index contributed by atoms with van der Waals surface area (Å²) < 4.78 is 3.35. The summed E-state index contributed by atoms with van der Waals surface area (Å²) in [4.78, 5) is 2.39. The van der Waals surface area contributed by atoms with Crippen LogP contribution < -0.4 is 0 Å². The lowest BCUT2D eigenvalue weighted by molar-refractivity contribution is 0.200. The molecule has 0 spiro atoms. The molecule has 0 bridgehead atoms. The van der Waals surface area contributed by atoms with Crippen molar-refractivity contribution in [1.82, 2.24) is 14.7 Å². The van der Waals surface area contributed by atoms with Gasteiger partial charge in [0.05, 0.1) is 21.9 Å². The van der Waals surface area contributed by atoms with Gasteiger partial charge in [-0.05, 0) is 56.2 Å². The third kappa shape index (κ3) is 2.11. The number of aromatic nitrogens is 2. The van der Waals surface area contributed by atoms with E-state index in [0.717, 1.165) is 16.7 Å². The zero-order valence-electron chi connectivity index (χ0n) is 9.63. The van der Waals surface area contributed by atoms with Gasteiger partial charge in [0, 0.05) is 6.54 Å². The summed E-state index contributed by atoms with van der Waals surface area (Å²) in [5.41, 5.74) is 2.36. The van der Waals surface area contributed by atoms with Gasteiger partial charge in [-0.3, -0.25) is 4.68 Å². The maximum atomic E-state index is 4.61. The predicted molar refractivity (Wildman–Crippen MR) is 65.2 cm³/mol. The molecule has 1 atom stereocenters. The summed E-state index contributed by atoms with van der Waals surface area (Å²) in [6.07, 6.45) is 2.52.